The molecular formula is C23H36INO3Si. The first-order chi connectivity index (χ1) is 13.4. The molecule has 1 aliphatic carbocycles. The van der Waals surface area contributed by atoms with Crippen LogP contribution in [0.25, 0.3) is 0 Å². The highest BCUT2D eigenvalue weighted by Gasteiger charge is 2.44. The number of fused-ring (bicyclic) bond motifs is 1. The third-order valence-corrected chi connectivity index (χ3v) is 12.6. The second kappa shape index (κ2) is 8.32. The second-order valence-electron chi connectivity index (χ2n) is 11.0. The van der Waals surface area contributed by atoms with Crippen LogP contribution in [0.4, 0.5) is 0 Å². The van der Waals surface area contributed by atoms with Crippen LogP contribution in [0.2, 0.25) is 18.1 Å². The summed E-state index contributed by atoms with van der Waals surface area (Å²) in [6, 6.07) is 0. The van der Waals surface area contributed by atoms with Crippen LogP contribution in [0.5, 0.6) is 0 Å². The van der Waals surface area contributed by atoms with Gasteiger partial charge in [-0.25, -0.2) is 0 Å². The van der Waals surface area contributed by atoms with E-state index in [1.54, 1.807) is 0 Å². The van der Waals surface area contributed by atoms with Crippen LogP contribution in [0.1, 0.15) is 93.2 Å². The normalized spacial score (nSPS) is 23.0. The minimum atomic E-state index is -1.96. The SMILES string of the molecule is CC1(C)Cc2nc(C3CCOCC3)c(C=O)c(I)c2[C@@H](O[Si](C)(C)C(C)(C)C)C1. The standard InChI is InChI=1S/C23H36INO3Si/c1-22(2,3)29(6,7)28-18-13-23(4,5)12-17-19(18)20(24)16(14-26)21(25-17)15-8-10-27-11-9-15/h14-15,18H,8-13H2,1-7H3/t18-/m0/s1. The lowest BCUT2D eigenvalue weighted by molar-refractivity contribution is 0.0833. The first-order valence-electron chi connectivity index (χ1n) is 10.8. The quantitative estimate of drug-likeness (QED) is 0.256. The number of halogens is 1. The molecule has 6 heteroatoms. The van der Waals surface area contributed by atoms with E-state index >= 15 is 0 Å². The van der Waals surface area contributed by atoms with Crippen LogP contribution in [0.15, 0.2) is 0 Å². The van der Waals surface area contributed by atoms with E-state index in [-0.39, 0.29) is 16.6 Å². The van der Waals surface area contributed by atoms with Gasteiger partial charge in [-0.3, -0.25) is 9.78 Å². The van der Waals surface area contributed by atoms with Gasteiger partial charge in [0, 0.05) is 39.5 Å². The molecule has 29 heavy (non-hydrogen) atoms. The van der Waals surface area contributed by atoms with Gasteiger partial charge in [-0.2, -0.15) is 0 Å². The monoisotopic (exact) mass is 529 g/mol. The van der Waals surface area contributed by atoms with Crippen molar-refractivity contribution in [2.24, 2.45) is 5.41 Å². The van der Waals surface area contributed by atoms with Gasteiger partial charge in [0.1, 0.15) is 0 Å². The fraction of sp³-hybridized carbons (Fsp3) is 0.739. The van der Waals surface area contributed by atoms with E-state index in [2.05, 4.69) is 70.3 Å². The van der Waals surface area contributed by atoms with E-state index in [1.807, 2.05) is 0 Å². The Morgan fingerprint density at radius 1 is 1.24 bits per heavy atom. The number of rotatable bonds is 4. The Balaban J connectivity index is 2.10. The molecule has 0 N–H and O–H groups in total. The number of aldehydes is 1. The van der Waals surface area contributed by atoms with Crippen LogP contribution < -0.4 is 0 Å². The lowest BCUT2D eigenvalue weighted by atomic mass is 9.74. The van der Waals surface area contributed by atoms with Gasteiger partial charge in [-0.1, -0.05) is 34.6 Å². The molecule has 0 spiro atoms. The minimum Gasteiger partial charge on any atom is -0.410 e. The summed E-state index contributed by atoms with van der Waals surface area (Å²) >= 11 is 2.38. The van der Waals surface area contributed by atoms with Crippen molar-refractivity contribution in [1.82, 2.24) is 4.98 Å². The van der Waals surface area contributed by atoms with Crippen LogP contribution in [0, 0.1) is 8.99 Å². The van der Waals surface area contributed by atoms with Crippen molar-refractivity contribution in [1.29, 1.82) is 0 Å². The molecular weight excluding hydrogens is 493 g/mol. The van der Waals surface area contributed by atoms with Gasteiger partial charge in [0.25, 0.3) is 0 Å². The molecule has 2 heterocycles. The molecule has 2 aliphatic rings. The highest BCUT2D eigenvalue weighted by atomic mass is 127. The molecule has 3 rings (SSSR count). The van der Waals surface area contributed by atoms with Crippen LogP contribution in [-0.2, 0) is 15.6 Å². The molecule has 0 radical (unpaired) electrons. The molecule has 1 atom stereocenters. The Kier molecular flexibility index (Phi) is 6.70. The van der Waals surface area contributed by atoms with Crippen molar-refractivity contribution in [3.05, 3.63) is 26.1 Å². The minimum absolute atomic E-state index is 0.0106. The maximum Gasteiger partial charge on any atom is 0.192 e. The molecule has 1 fully saturated rings. The summed E-state index contributed by atoms with van der Waals surface area (Å²) in [5, 5.41) is 0.142. The first kappa shape index (κ1) is 23.4. The van der Waals surface area contributed by atoms with Gasteiger partial charge in [0.2, 0.25) is 0 Å². The maximum absolute atomic E-state index is 12.1. The molecule has 1 aromatic rings. The Labute approximate surface area is 190 Å². The van der Waals surface area contributed by atoms with Crippen molar-refractivity contribution in [2.45, 2.75) is 90.5 Å². The van der Waals surface area contributed by atoms with Crippen molar-refractivity contribution in [2.75, 3.05) is 13.2 Å². The molecule has 0 unspecified atom stereocenters. The average Bonchev–Trinajstić information content (AvgIpc) is 2.59. The predicted octanol–water partition coefficient (Wildman–Crippen LogP) is 6.43. The number of carbonyl (C=O) groups excluding carboxylic acids is 1. The number of nitrogens with zero attached hydrogens (tertiary/aromatic N) is 1. The van der Waals surface area contributed by atoms with Crippen LogP contribution >= 0.6 is 22.6 Å². The highest BCUT2D eigenvalue weighted by Crippen LogP contribution is 2.49. The number of pyridine rings is 1. The largest absolute Gasteiger partial charge is 0.410 e. The average molecular weight is 530 g/mol. The molecule has 0 amide bonds. The Morgan fingerprint density at radius 2 is 1.86 bits per heavy atom. The van der Waals surface area contributed by atoms with Gasteiger partial charge in [0.05, 0.1) is 11.8 Å². The lowest BCUT2D eigenvalue weighted by Crippen LogP contribution is -2.44. The number of hydrogen-bond acceptors (Lipinski definition) is 4. The van der Waals surface area contributed by atoms with E-state index in [0.29, 0.717) is 5.92 Å². The molecule has 0 aromatic carbocycles. The fourth-order valence-electron chi connectivity index (χ4n) is 4.27. The summed E-state index contributed by atoms with van der Waals surface area (Å²) in [6.45, 7) is 17.6. The molecule has 1 aromatic heterocycles. The summed E-state index contributed by atoms with van der Waals surface area (Å²) in [6.07, 6.45) is 4.82. The Hall–Kier alpha value is -0.313. The summed E-state index contributed by atoms with van der Waals surface area (Å²) in [5.41, 5.74) is 4.20. The third kappa shape index (κ3) is 4.80. The van der Waals surface area contributed by atoms with Crippen molar-refractivity contribution < 1.29 is 14.0 Å². The smallest absolute Gasteiger partial charge is 0.192 e. The molecule has 1 aliphatic heterocycles. The number of ether oxygens (including phenoxy) is 1. The zero-order valence-corrected chi connectivity index (χ0v) is 22.2. The van der Waals surface area contributed by atoms with Crippen LogP contribution in [0.3, 0.4) is 0 Å². The maximum atomic E-state index is 12.1. The summed E-state index contributed by atoms with van der Waals surface area (Å²) in [5.74, 6) is 0.313. The van der Waals surface area contributed by atoms with E-state index in [1.165, 1.54) is 5.56 Å². The zero-order valence-electron chi connectivity index (χ0n) is 19.0. The summed E-state index contributed by atoms with van der Waals surface area (Å²) < 4.78 is 13.5. The van der Waals surface area contributed by atoms with Gasteiger partial charge >= 0.3 is 0 Å². The molecule has 4 nitrogen and oxygen atoms in total. The molecule has 0 saturated carbocycles. The fourth-order valence-corrected chi connectivity index (χ4v) is 6.60. The van der Waals surface area contributed by atoms with Gasteiger partial charge in [-0.05, 0) is 71.8 Å². The highest BCUT2D eigenvalue weighted by molar-refractivity contribution is 14.1. The summed E-state index contributed by atoms with van der Waals surface area (Å²) in [7, 11) is -1.96. The molecule has 162 valence electrons. The Bertz CT molecular complexity index is 779. The van der Waals surface area contributed by atoms with E-state index in [9.17, 15) is 4.79 Å². The Morgan fingerprint density at radius 3 is 2.41 bits per heavy atom. The van der Waals surface area contributed by atoms with Crippen LogP contribution in [-0.4, -0.2) is 32.8 Å². The number of aromatic nitrogens is 1. The number of hydrogen-bond donors (Lipinski definition) is 0. The van der Waals surface area contributed by atoms with Crippen molar-refractivity contribution in [3.63, 3.8) is 0 Å². The van der Waals surface area contributed by atoms with Crippen molar-refractivity contribution in [3.8, 4) is 0 Å². The van der Waals surface area contributed by atoms with E-state index in [4.69, 9.17) is 14.1 Å². The first-order valence-corrected chi connectivity index (χ1v) is 14.8. The van der Waals surface area contributed by atoms with Gasteiger partial charge < -0.3 is 9.16 Å². The second-order valence-corrected chi connectivity index (χ2v) is 16.8. The van der Waals surface area contributed by atoms with Gasteiger partial charge in [-0.15, -0.1) is 0 Å². The van der Waals surface area contributed by atoms with Gasteiger partial charge in [0.15, 0.2) is 14.6 Å². The van der Waals surface area contributed by atoms with E-state index in [0.717, 1.165) is 65.7 Å². The topological polar surface area (TPSA) is 48.4 Å². The van der Waals surface area contributed by atoms with Crippen molar-refractivity contribution >= 4 is 37.2 Å². The molecule has 1 saturated heterocycles. The summed E-state index contributed by atoms with van der Waals surface area (Å²) in [4.78, 5) is 17.3. The zero-order chi connectivity index (χ0) is 21.6. The number of carbonyl (C=O) groups is 1. The molecule has 0 bridgehead atoms. The third-order valence-electron chi connectivity index (χ3n) is 6.99. The lowest BCUT2D eigenvalue weighted by Gasteiger charge is -2.44. The van der Waals surface area contributed by atoms with E-state index < -0.39 is 8.32 Å². The predicted molar refractivity (Wildman–Crippen MR) is 128 cm³/mol.